The molecule has 0 aromatic rings. The van der Waals surface area contributed by atoms with Crippen LogP contribution in [0.4, 0.5) is 0 Å². The molecule has 2 amide bonds. The highest BCUT2D eigenvalue weighted by molar-refractivity contribution is 6.03. The van der Waals surface area contributed by atoms with Crippen LogP contribution in [0.25, 0.3) is 0 Å². The Morgan fingerprint density at radius 2 is 1.60 bits per heavy atom. The Hall–Kier alpha value is -1.39. The highest BCUT2D eigenvalue weighted by Crippen LogP contribution is 2.42. The summed E-state index contributed by atoms with van der Waals surface area (Å²) >= 11 is 0. The third kappa shape index (κ3) is 2.45. The second-order valence-corrected chi connectivity index (χ2v) is 7.16. The minimum Gasteiger partial charge on any atom is -0.479 e. The molecule has 1 heterocycles. The number of carbonyl (C=O) groups excluding carboxylic acids is 2. The van der Waals surface area contributed by atoms with Crippen molar-refractivity contribution < 1.29 is 19.5 Å². The first-order chi connectivity index (χ1) is 9.18. The summed E-state index contributed by atoms with van der Waals surface area (Å²) in [6.45, 7) is 5.82. The largest absolute Gasteiger partial charge is 0.479 e. The number of carboxylic acids is 1. The predicted octanol–water partition coefficient (Wildman–Crippen LogP) is 2.20. The maximum atomic E-state index is 12.4. The summed E-state index contributed by atoms with van der Waals surface area (Å²) in [4.78, 5) is 37.6. The van der Waals surface area contributed by atoms with Crippen molar-refractivity contribution in [1.82, 2.24) is 4.90 Å². The van der Waals surface area contributed by atoms with Crippen LogP contribution in [0.3, 0.4) is 0 Å². The first-order valence-corrected chi connectivity index (χ1v) is 7.27. The van der Waals surface area contributed by atoms with E-state index in [0.717, 1.165) is 17.7 Å². The molecule has 1 aliphatic carbocycles. The fourth-order valence-corrected chi connectivity index (χ4v) is 3.43. The Balaban J connectivity index is 2.33. The summed E-state index contributed by atoms with van der Waals surface area (Å²) in [5.74, 6) is -1.24. The molecular weight excluding hydrogens is 258 g/mol. The van der Waals surface area contributed by atoms with Gasteiger partial charge in [0.05, 0.1) is 0 Å². The third-order valence-electron chi connectivity index (χ3n) is 4.69. The number of aliphatic carboxylic acids is 1. The van der Waals surface area contributed by atoms with E-state index < -0.39 is 11.5 Å². The van der Waals surface area contributed by atoms with Gasteiger partial charge in [0, 0.05) is 12.8 Å². The van der Waals surface area contributed by atoms with Gasteiger partial charge in [-0.05, 0) is 37.0 Å². The molecule has 0 spiro atoms. The fraction of sp³-hybridized carbons (Fsp3) is 0.800. The fourth-order valence-electron chi connectivity index (χ4n) is 3.43. The molecule has 0 aromatic carbocycles. The molecule has 1 saturated carbocycles. The highest BCUT2D eigenvalue weighted by Gasteiger charge is 2.53. The van der Waals surface area contributed by atoms with E-state index in [1.165, 1.54) is 0 Å². The van der Waals surface area contributed by atoms with Gasteiger partial charge in [0.25, 0.3) is 0 Å². The zero-order chi connectivity index (χ0) is 15.1. The van der Waals surface area contributed by atoms with Crippen LogP contribution < -0.4 is 0 Å². The summed E-state index contributed by atoms with van der Waals surface area (Å²) in [7, 11) is 0. The average molecular weight is 281 g/mol. The molecule has 0 unspecified atom stereocenters. The van der Waals surface area contributed by atoms with Crippen LogP contribution in [0.1, 0.15) is 59.3 Å². The molecule has 1 saturated heterocycles. The van der Waals surface area contributed by atoms with E-state index in [9.17, 15) is 19.5 Å². The van der Waals surface area contributed by atoms with Gasteiger partial charge in [-0.25, -0.2) is 4.79 Å². The van der Waals surface area contributed by atoms with Crippen molar-refractivity contribution in [3.63, 3.8) is 0 Å². The number of piperidine rings is 1. The number of hydrogen-bond acceptors (Lipinski definition) is 3. The molecule has 1 aliphatic heterocycles. The number of nitrogens with zero attached hydrogens (tertiary/aromatic N) is 1. The minimum absolute atomic E-state index is 0.239. The van der Waals surface area contributed by atoms with Crippen LogP contribution >= 0.6 is 0 Å². The average Bonchev–Trinajstić information content (AvgIpc) is 2.28. The van der Waals surface area contributed by atoms with E-state index in [1.54, 1.807) is 0 Å². The molecule has 0 bridgehead atoms. The summed E-state index contributed by atoms with van der Waals surface area (Å²) in [5, 5.41) is 9.65. The number of carbonyl (C=O) groups is 3. The molecule has 5 heteroatoms. The van der Waals surface area contributed by atoms with E-state index in [0.29, 0.717) is 18.8 Å². The standard InChI is InChI=1S/C15H23NO4/c1-10-4-6-15(7-5-10,13(19)20)16-11(17)8-14(2,3)9-12(16)18/h10H,4-9H2,1-3H3,(H,19,20). The van der Waals surface area contributed by atoms with Crippen molar-refractivity contribution in [2.75, 3.05) is 0 Å². The van der Waals surface area contributed by atoms with E-state index >= 15 is 0 Å². The molecule has 20 heavy (non-hydrogen) atoms. The third-order valence-corrected chi connectivity index (χ3v) is 4.69. The monoisotopic (exact) mass is 281 g/mol. The quantitative estimate of drug-likeness (QED) is 0.787. The topological polar surface area (TPSA) is 74.7 Å². The van der Waals surface area contributed by atoms with Crippen molar-refractivity contribution >= 4 is 17.8 Å². The highest BCUT2D eigenvalue weighted by atomic mass is 16.4. The molecule has 112 valence electrons. The van der Waals surface area contributed by atoms with E-state index in [4.69, 9.17) is 0 Å². The van der Waals surface area contributed by atoms with Gasteiger partial charge in [0.1, 0.15) is 5.54 Å². The first kappa shape index (κ1) is 15.0. The lowest BCUT2D eigenvalue weighted by molar-refractivity contribution is -0.175. The summed E-state index contributed by atoms with van der Waals surface area (Å²) < 4.78 is 0. The Bertz CT molecular complexity index is 427. The van der Waals surface area contributed by atoms with Crippen LogP contribution in [0, 0.1) is 11.3 Å². The summed E-state index contributed by atoms with van der Waals surface area (Å²) in [6, 6.07) is 0. The Morgan fingerprint density at radius 3 is 2.00 bits per heavy atom. The van der Waals surface area contributed by atoms with Gasteiger partial charge < -0.3 is 5.11 Å². The molecular formula is C15H23NO4. The van der Waals surface area contributed by atoms with Crippen LogP contribution in [-0.2, 0) is 14.4 Å². The van der Waals surface area contributed by atoms with Gasteiger partial charge in [-0.3, -0.25) is 14.5 Å². The summed E-state index contributed by atoms with van der Waals surface area (Å²) in [6.07, 6.45) is 2.72. The van der Waals surface area contributed by atoms with Gasteiger partial charge in [0.15, 0.2) is 0 Å². The number of imide groups is 1. The zero-order valence-electron chi connectivity index (χ0n) is 12.4. The summed E-state index contributed by atoms with van der Waals surface area (Å²) in [5.41, 5.74) is -1.68. The van der Waals surface area contributed by atoms with Crippen molar-refractivity contribution in [3.05, 3.63) is 0 Å². The van der Waals surface area contributed by atoms with E-state index in [2.05, 4.69) is 6.92 Å². The minimum atomic E-state index is -1.31. The second-order valence-electron chi connectivity index (χ2n) is 7.16. The molecule has 5 nitrogen and oxygen atoms in total. The molecule has 1 N–H and O–H groups in total. The van der Waals surface area contributed by atoms with Crippen molar-refractivity contribution in [1.29, 1.82) is 0 Å². The number of hydrogen-bond donors (Lipinski definition) is 1. The van der Waals surface area contributed by atoms with Crippen LogP contribution in [0.15, 0.2) is 0 Å². The molecule has 2 fully saturated rings. The van der Waals surface area contributed by atoms with Gasteiger partial charge in [-0.1, -0.05) is 20.8 Å². The van der Waals surface area contributed by atoms with Gasteiger partial charge in [-0.2, -0.15) is 0 Å². The van der Waals surface area contributed by atoms with Crippen molar-refractivity contribution in [2.45, 2.75) is 64.8 Å². The SMILES string of the molecule is CC1CCC(C(=O)O)(N2C(=O)CC(C)(C)CC2=O)CC1. The van der Waals surface area contributed by atoms with Crippen LogP contribution in [0.2, 0.25) is 0 Å². The normalized spacial score (nSPS) is 34.1. The molecule has 2 rings (SSSR count). The lowest BCUT2D eigenvalue weighted by Gasteiger charge is -2.47. The van der Waals surface area contributed by atoms with E-state index in [1.807, 2.05) is 13.8 Å². The van der Waals surface area contributed by atoms with Gasteiger partial charge >= 0.3 is 5.97 Å². The Kier molecular flexibility index (Phi) is 3.65. The van der Waals surface area contributed by atoms with E-state index in [-0.39, 0.29) is 30.1 Å². The van der Waals surface area contributed by atoms with Crippen LogP contribution in [0.5, 0.6) is 0 Å². The predicted molar refractivity (Wildman–Crippen MR) is 72.9 cm³/mol. The molecule has 0 aromatic heterocycles. The smallest absolute Gasteiger partial charge is 0.330 e. The lowest BCUT2D eigenvalue weighted by Crippen LogP contribution is -2.63. The Morgan fingerprint density at radius 1 is 1.15 bits per heavy atom. The second kappa shape index (κ2) is 4.86. The molecule has 0 atom stereocenters. The van der Waals surface area contributed by atoms with Crippen molar-refractivity contribution in [3.8, 4) is 0 Å². The lowest BCUT2D eigenvalue weighted by atomic mass is 9.73. The van der Waals surface area contributed by atoms with Gasteiger partial charge in [-0.15, -0.1) is 0 Å². The molecule has 0 radical (unpaired) electrons. The number of carboxylic acid groups (broad SMARTS) is 1. The first-order valence-electron chi connectivity index (χ1n) is 7.27. The maximum Gasteiger partial charge on any atom is 0.330 e. The zero-order valence-corrected chi connectivity index (χ0v) is 12.4. The Labute approximate surface area is 119 Å². The maximum absolute atomic E-state index is 12.4. The van der Waals surface area contributed by atoms with Crippen LogP contribution in [-0.4, -0.2) is 33.3 Å². The van der Waals surface area contributed by atoms with Gasteiger partial charge in [0.2, 0.25) is 11.8 Å². The molecule has 2 aliphatic rings. The number of rotatable bonds is 2. The van der Waals surface area contributed by atoms with Crippen molar-refractivity contribution in [2.24, 2.45) is 11.3 Å². The number of amides is 2. The number of likely N-dealkylation sites (tertiary alicyclic amines) is 1.